The smallest absolute Gasteiger partial charge is 0.160 e. The Bertz CT molecular complexity index is 488. The summed E-state index contributed by atoms with van der Waals surface area (Å²) >= 11 is 0. The Morgan fingerprint density at radius 2 is 2.24 bits per heavy atom. The summed E-state index contributed by atoms with van der Waals surface area (Å²) in [6, 6.07) is 5.14. The van der Waals surface area contributed by atoms with Crippen LogP contribution in [-0.4, -0.2) is 22.2 Å². The van der Waals surface area contributed by atoms with E-state index in [4.69, 9.17) is 4.74 Å². The molecule has 2 aromatic rings. The quantitative estimate of drug-likeness (QED) is 0.839. The van der Waals surface area contributed by atoms with Crippen LogP contribution in [0.15, 0.2) is 36.8 Å². The molecule has 88 valence electrons. The molecule has 0 radical (unpaired) electrons. The number of nitrogens with zero attached hydrogens (tertiary/aromatic N) is 2. The minimum absolute atomic E-state index is 0.108. The average Bonchev–Trinajstić information content (AvgIpc) is 2.38. The minimum atomic E-state index is 0.108. The van der Waals surface area contributed by atoms with Crippen molar-refractivity contribution in [2.24, 2.45) is 0 Å². The Morgan fingerprint density at radius 1 is 1.35 bits per heavy atom. The van der Waals surface area contributed by atoms with Gasteiger partial charge in [-0.25, -0.2) is 0 Å². The Balaban J connectivity index is 2.02. The molecule has 0 fully saturated rings. The molecular weight excluding hydrogens is 218 g/mol. The fourth-order valence-electron chi connectivity index (χ4n) is 1.41. The van der Waals surface area contributed by atoms with Crippen molar-refractivity contribution in [2.75, 3.05) is 12.4 Å². The maximum atomic E-state index is 9.60. The molecule has 0 aliphatic rings. The molecule has 2 N–H and O–H groups in total. The standard InChI is InChI=1S/C12H13N3O2/c1-17-12-3-2-9(6-11(12)16)15-8-10-7-13-4-5-14-10/h2-7,15-16H,8H2,1H3. The lowest BCUT2D eigenvalue weighted by Gasteiger charge is -2.08. The number of nitrogens with one attached hydrogen (secondary N) is 1. The van der Waals surface area contributed by atoms with Gasteiger partial charge in [0, 0.05) is 24.1 Å². The van der Waals surface area contributed by atoms with Crippen molar-refractivity contribution in [3.8, 4) is 11.5 Å². The van der Waals surface area contributed by atoms with Gasteiger partial charge in [0.1, 0.15) is 0 Å². The number of methoxy groups -OCH3 is 1. The molecule has 0 spiro atoms. The van der Waals surface area contributed by atoms with E-state index in [2.05, 4.69) is 15.3 Å². The minimum Gasteiger partial charge on any atom is -0.504 e. The van der Waals surface area contributed by atoms with Gasteiger partial charge >= 0.3 is 0 Å². The summed E-state index contributed by atoms with van der Waals surface area (Å²) in [5.74, 6) is 0.562. The molecule has 0 atom stereocenters. The summed E-state index contributed by atoms with van der Waals surface area (Å²) in [5, 5.41) is 12.7. The number of rotatable bonds is 4. The van der Waals surface area contributed by atoms with Crippen molar-refractivity contribution in [2.45, 2.75) is 6.54 Å². The lowest BCUT2D eigenvalue weighted by atomic mass is 10.2. The van der Waals surface area contributed by atoms with E-state index in [0.717, 1.165) is 11.4 Å². The van der Waals surface area contributed by atoms with E-state index in [1.54, 1.807) is 30.7 Å². The molecule has 0 aliphatic heterocycles. The van der Waals surface area contributed by atoms with Crippen LogP contribution in [0.5, 0.6) is 11.5 Å². The van der Waals surface area contributed by atoms with Crippen molar-refractivity contribution < 1.29 is 9.84 Å². The largest absolute Gasteiger partial charge is 0.504 e. The molecule has 1 heterocycles. The SMILES string of the molecule is COc1ccc(NCc2cnccn2)cc1O. The molecular formula is C12H13N3O2. The summed E-state index contributed by atoms with van der Waals surface area (Å²) in [6.07, 6.45) is 4.96. The maximum Gasteiger partial charge on any atom is 0.160 e. The van der Waals surface area contributed by atoms with Crippen molar-refractivity contribution in [1.29, 1.82) is 0 Å². The van der Waals surface area contributed by atoms with Gasteiger partial charge in [0.05, 0.1) is 25.5 Å². The van der Waals surface area contributed by atoms with E-state index in [9.17, 15) is 5.11 Å². The molecule has 0 saturated heterocycles. The molecule has 0 amide bonds. The summed E-state index contributed by atoms with van der Waals surface area (Å²) in [4.78, 5) is 8.11. The Morgan fingerprint density at radius 3 is 2.88 bits per heavy atom. The highest BCUT2D eigenvalue weighted by atomic mass is 16.5. The Hall–Kier alpha value is -2.30. The number of ether oxygens (including phenoxy) is 1. The monoisotopic (exact) mass is 231 g/mol. The summed E-state index contributed by atoms with van der Waals surface area (Å²) < 4.78 is 4.96. The number of hydrogen-bond acceptors (Lipinski definition) is 5. The van der Waals surface area contributed by atoms with Crippen molar-refractivity contribution in [3.05, 3.63) is 42.5 Å². The number of aromatic nitrogens is 2. The van der Waals surface area contributed by atoms with Gasteiger partial charge in [0.2, 0.25) is 0 Å². The van der Waals surface area contributed by atoms with Crippen LogP contribution < -0.4 is 10.1 Å². The highest BCUT2D eigenvalue weighted by molar-refractivity contribution is 5.54. The third-order valence-corrected chi connectivity index (χ3v) is 2.27. The van der Waals surface area contributed by atoms with Crippen molar-refractivity contribution >= 4 is 5.69 Å². The topological polar surface area (TPSA) is 67.3 Å². The number of phenolic OH excluding ortho intramolecular Hbond substituents is 1. The first-order chi connectivity index (χ1) is 8.29. The van der Waals surface area contributed by atoms with E-state index in [1.807, 2.05) is 6.07 Å². The van der Waals surface area contributed by atoms with Crippen LogP contribution >= 0.6 is 0 Å². The van der Waals surface area contributed by atoms with Gasteiger partial charge in [-0.05, 0) is 12.1 Å². The highest BCUT2D eigenvalue weighted by Crippen LogP contribution is 2.28. The molecule has 5 heteroatoms. The van der Waals surface area contributed by atoms with E-state index < -0.39 is 0 Å². The molecule has 17 heavy (non-hydrogen) atoms. The molecule has 5 nitrogen and oxygen atoms in total. The number of aromatic hydroxyl groups is 1. The summed E-state index contributed by atoms with van der Waals surface area (Å²) in [5.41, 5.74) is 1.64. The lowest BCUT2D eigenvalue weighted by Crippen LogP contribution is -2.01. The van der Waals surface area contributed by atoms with Crippen LogP contribution in [0.2, 0.25) is 0 Å². The van der Waals surface area contributed by atoms with Crippen LogP contribution in [0.4, 0.5) is 5.69 Å². The van der Waals surface area contributed by atoms with Gasteiger partial charge in [0.15, 0.2) is 11.5 Å². The molecule has 0 saturated carbocycles. The second-order valence-corrected chi connectivity index (χ2v) is 3.44. The van der Waals surface area contributed by atoms with Gasteiger partial charge in [-0.15, -0.1) is 0 Å². The predicted octanol–water partition coefficient (Wildman–Crippen LogP) is 1.80. The first kappa shape index (κ1) is 11.2. The zero-order valence-corrected chi connectivity index (χ0v) is 9.42. The normalized spacial score (nSPS) is 9.94. The number of phenols is 1. The maximum absolute atomic E-state index is 9.60. The van der Waals surface area contributed by atoms with Gasteiger partial charge in [-0.2, -0.15) is 0 Å². The number of benzene rings is 1. The van der Waals surface area contributed by atoms with Crippen LogP contribution in [0.3, 0.4) is 0 Å². The first-order valence-corrected chi connectivity index (χ1v) is 5.15. The molecule has 1 aromatic carbocycles. The third kappa shape index (κ3) is 2.84. The van der Waals surface area contributed by atoms with Crippen molar-refractivity contribution in [3.63, 3.8) is 0 Å². The molecule has 2 rings (SSSR count). The van der Waals surface area contributed by atoms with Gasteiger partial charge in [0.25, 0.3) is 0 Å². The van der Waals surface area contributed by atoms with E-state index in [-0.39, 0.29) is 5.75 Å². The Labute approximate surface area is 99.1 Å². The molecule has 0 aliphatic carbocycles. The second kappa shape index (κ2) is 5.16. The summed E-state index contributed by atoms with van der Waals surface area (Å²) in [7, 11) is 1.52. The number of hydrogen-bond donors (Lipinski definition) is 2. The van der Waals surface area contributed by atoms with Gasteiger partial charge in [-0.1, -0.05) is 0 Å². The van der Waals surface area contributed by atoms with E-state index in [0.29, 0.717) is 12.3 Å². The fourth-order valence-corrected chi connectivity index (χ4v) is 1.41. The van der Waals surface area contributed by atoms with Gasteiger partial charge in [-0.3, -0.25) is 9.97 Å². The molecule has 0 unspecified atom stereocenters. The third-order valence-electron chi connectivity index (χ3n) is 2.27. The molecule has 1 aromatic heterocycles. The zero-order chi connectivity index (χ0) is 12.1. The van der Waals surface area contributed by atoms with Crippen molar-refractivity contribution in [1.82, 2.24) is 9.97 Å². The van der Waals surface area contributed by atoms with Crippen LogP contribution in [0.1, 0.15) is 5.69 Å². The molecule has 0 bridgehead atoms. The van der Waals surface area contributed by atoms with E-state index >= 15 is 0 Å². The highest BCUT2D eigenvalue weighted by Gasteiger charge is 2.02. The summed E-state index contributed by atoms with van der Waals surface area (Å²) in [6.45, 7) is 0.555. The lowest BCUT2D eigenvalue weighted by molar-refractivity contribution is 0.373. The zero-order valence-electron chi connectivity index (χ0n) is 9.42. The Kier molecular flexibility index (Phi) is 3.40. The van der Waals surface area contributed by atoms with Crippen LogP contribution in [-0.2, 0) is 6.54 Å². The second-order valence-electron chi connectivity index (χ2n) is 3.44. The van der Waals surface area contributed by atoms with Crippen LogP contribution in [0.25, 0.3) is 0 Å². The predicted molar refractivity (Wildman–Crippen MR) is 64.0 cm³/mol. The fraction of sp³-hybridized carbons (Fsp3) is 0.167. The first-order valence-electron chi connectivity index (χ1n) is 5.15. The average molecular weight is 231 g/mol. The van der Waals surface area contributed by atoms with Crippen LogP contribution in [0, 0.1) is 0 Å². The van der Waals surface area contributed by atoms with Gasteiger partial charge < -0.3 is 15.2 Å². The van der Waals surface area contributed by atoms with E-state index in [1.165, 1.54) is 7.11 Å². The number of anilines is 1.